The van der Waals surface area contributed by atoms with Crippen LogP contribution in [0.25, 0.3) is 6.08 Å². The molecule has 3 N–H and O–H groups in total. The summed E-state index contributed by atoms with van der Waals surface area (Å²) in [5.41, 5.74) is 0.831. The third-order valence-electron chi connectivity index (χ3n) is 2.06. The molecule has 0 radical (unpaired) electrons. The fraction of sp³-hybridized carbons (Fsp3) is 0. The Balaban J connectivity index is 1.96. The monoisotopic (exact) mass is 229 g/mol. The minimum Gasteiger partial charge on any atom is -0.508 e. The maximum absolute atomic E-state index is 11.4. The molecule has 0 aliphatic carbocycles. The molecule has 0 fully saturated rings. The van der Waals surface area contributed by atoms with Crippen molar-refractivity contribution in [1.82, 2.24) is 9.97 Å². The molecule has 0 aliphatic rings. The van der Waals surface area contributed by atoms with Gasteiger partial charge in [0.2, 0.25) is 5.95 Å². The zero-order chi connectivity index (χ0) is 12.1. The molecule has 2 aromatic rings. The van der Waals surface area contributed by atoms with Crippen molar-refractivity contribution in [2.24, 2.45) is 0 Å². The number of phenols is 1. The Morgan fingerprint density at radius 1 is 1.35 bits per heavy atom. The van der Waals surface area contributed by atoms with Crippen LogP contribution in [0.5, 0.6) is 5.75 Å². The quantitative estimate of drug-likeness (QED) is 0.702. The number of carbonyl (C=O) groups excluding carboxylic acids is 1. The Labute approximate surface area is 97.8 Å². The number of rotatable bonds is 3. The third-order valence-corrected chi connectivity index (χ3v) is 2.06. The molecule has 0 atom stereocenters. The average Bonchev–Trinajstić information content (AvgIpc) is 2.81. The Bertz CT molecular complexity index is 515. The van der Waals surface area contributed by atoms with Crippen LogP contribution in [0.3, 0.4) is 0 Å². The number of benzene rings is 1. The van der Waals surface area contributed by atoms with Crippen LogP contribution >= 0.6 is 0 Å². The maximum Gasteiger partial charge on any atom is 0.250 e. The first-order valence-corrected chi connectivity index (χ1v) is 5.01. The molecule has 2 rings (SSSR count). The number of carbonyl (C=O) groups is 1. The van der Waals surface area contributed by atoms with Crippen molar-refractivity contribution in [3.8, 4) is 5.75 Å². The molecule has 86 valence electrons. The number of nitrogens with zero attached hydrogens (tertiary/aromatic N) is 1. The number of H-pyrrole nitrogens is 1. The number of anilines is 1. The summed E-state index contributed by atoms with van der Waals surface area (Å²) in [6, 6.07) is 6.55. The lowest BCUT2D eigenvalue weighted by atomic mass is 10.2. The first-order valence-electron chi connectivity index (χ1n) is 5.01. The van der Waals surface area contributed by atoms with Crippen molar-refractivity contribution >= 4 is 17.9 Å². The molecule has 0 aliphatic heterocycles. The summed E-state index contributed by atoms with van der Waals surface area (Å²) in [6.07, 6.45) is 6.23. The number of aromatic amines is 1. The lowest BCUT2D eigenvalue weighted by Gasteiger charge is -1.96. The average molecular weight is 229 g/mol. The number of aromatic hydroxyl groups is 1. The first-order chi connectivity index (χ1) is 8.24. The maximum atomic E-state index is 11.4. The summed E-state index contributed by atoms with van der Waals surface area (Å²) < 4.78 is 0. The molecule has 0 spiro atoms. The second-order valence-electron chi connectivity index (χ2n) is 3.35. The normalized spacial score (nSPS) is 10.6. The molecule has 0 unspecified atom stereocenters. The van der Waals surface area contributed by atoms with Crippen LogP contribution in [0.1, 0.15) is 5.56 Å². The van der Waals surface area contributed by atoms with Gasteiger partial charge in [0.25, 0.3) is 5.91 Å². The van der Waals surface area contributed by atoms with E-state index in [1.165, 1.54) is 6.08 Å². The Morgan fingerprint density at radius 2 is 2.12 bits per heavy atom. The van der Waals surface area contributed by atoms with Gasteiger partial charge < -0.3 is 10.1 Å². The Kier molecular flexibility index (Phi) is 3.20. The summed E-state index contributed by atoms with van der Waals surface area (Å²) in [5, 5.41) is 11.7. The van der Waals surface area contributed by atoms with Gasteiger partial charge in [-0.3, -0.25) is 10.1 Å². The molecule has 0 saturated heterocycles. The van der Waals surface area contributed by atoms with Gasteiger partial charge in [-0.05, 0) is 23.8 Å². The fourth-order valence-corrected chi connectivity index (χ4v) is 1.25. The number of nitrogens with one attached hydrogen (secondary N) is 2. The summed E-state index contributed by atoms with van der Waals surface area (Å²) in [6.45, 7) is 0. The molecule has 0 bridgehead atoms. The molecule has 5 nitrogen and oxygen atoms in total. The SMILES string of the molecule is O=C(/C=C/c1ccc(O)cc1)Nc1ncc[nH]1. The van der Waals surface area contributed by atoms with Gasteiger partial charge in [0.1, 0.15) is 5.75 Å². The van der Waals surface area contributed by atoms with Crippen LogP contribution in [-0.2, 0) is 4.79 Å². The molecule has 0 saturated carbocycles. The summed E-state index contributed by atoms with van der Waals surface area (Å²) >= 11 is 0. The van der Waals surface area contributed by atoms with Crippen LogP contribution in [0.15, 0.2) is 42.7 Å². The number of hydrogen-bond donors (Lipinski definition) is 3. The Hall–Kier alpha value is -2.56. The molecule has 1 amide bonds. The van der Waals surface area contributed by atoms with E-state index >= 15 is 0 Å². The minimum atomic E-state index is -0.270. The molecule has 5 heteroatoms. The molecule has 1 aromatic carbocycles. The van der Waals surface area contributed by atoms with Crippen molar-refractivity contribution in [3.63, 3.8) is 0 Å². The number of amides is 1. The number of aromatic nitrogens is 2. The lowest BCUT2D eigenvalue weighted by molar-refractivity contribution is -0.111. The molecule has 1 heterocycles. The number of hydrogen-bond acceptors (Lipinski definition) is 3. The van der Waals surface area contributed by atoms with E-state index in [1.807, 2.05) is 0 Å². The van der Waals surface area contributed by atoms with Gasteiger partial charge in [0.15, 0.2) is 0 Å². The van der Waals surface area contributed by atoms with Crippen LogP contribution in [-0.4, -0.2) is 21.0 Å². The van der Waals surface area contributed by atoms with Crippen molar-refractivity contribution < 1.29 is 9.90 Å². The van der Waals surface area contributed by atoms with Gasteiger partial charge >= 0.3 is 0 Å². The third kappa shape index (κ3) is 3.20. The van der Waals surface area contributed by atoms with Crippen LogP contribution in [0.4, 0.5) is 5.95 Å². The van der Waals surface area contributed by atoms with Crippen LogP contribution in [0.2, 0.25) is 0 Å². The summed E-state index contributed by atoms with van der Waals surface area (Å²) in [4.78, 5) is 18.1. The molecule has 1 aromatic heterocycles. The van der Waals surface area contributed by atoms with E-state index in [0.717, 1.165) is 5.56 Å². The van der Waals surface area contributed by atoms with E-state index in [-0.39, 0.29) is 11.7 Å². The van der Waals surface area contributed by atoms with Crippen molar-refractivity contribution in [2.45, 2.75) is 0 Å². The highest BCUT2D eigenvalue weighted by molar-refractivity contribution is 6.00. The molecular weight excluding hydrogens is 218 g/mol. The smallest absolute Gasteiger partial charge is 0.250 e. The zero-order valence-electron chi connectivity index (χ0n) is 8.92. The van der Waals surface area contributed by atoms with Crippen molar-refractivity contribution in [3.05, 3.63) is 48.3 Å². The van der Waals surface area contributed by atoms with Crippen LogP contribution in [0, 0.1) is 0 Å². The van der Waals surface area contributed by atoms with E-state index in [0.29, 0.717) is 5.95 Å². The van der Waals surface area contributed by atoms with E-state index in [2.05, 4.69) is 15.3 Å². The van der Waals surface area contributed by atoms with E-state index in [1.54, 1.807) is 42.7 Å². The number of phenolic OH excluding ortho intramolecular Hbond substituents is 1. The molecule has 17 heavy (non-hydrogen) atoms. The Morgan fingerprint density at radius 3 is 2.76 bits per heavy atom. The van der Waals surface area contributed by atoms with Crippen LogP contribution < -0.4 is 5.32 Å². The van der Waals surface area contributed by atoms with Gasteiger partial charge in [-0.1, -0.05) is 12.1 Å². The molecular formula is C12H11N3O2. The second-order valence-corrected chi connectivity index (χ2v) is 3.35. The highest BCUT2D eigenvalue weighted by Gasteiger charge is 1.98. The fourth-order valence-electron chi connectivity index (χ4n) is 1.25. The van der Waals surface area contributed by atoms with Crippen molar-refractivity contribution in [2.75, 3.05) is 5.32 Å². The summed E-state index contributed by atoms with van der Waals surface area (Å²) in [7, 11) is 0. The number of imidazole rings is 1. The van der Waals surface area contributed by atoms with E-state index in [4.69, 9.17) is 5.11 Å². The largest absolute Gasteiger partial charge is 0.508 e. The zero-order valence-corrected chi connectivity index (χ0v) is 8.92. The second kappa shape index (κ2) is 4.98. The summed E-state index contributed by atoms with van der Waals surface area (Å²) in [5.74, 6) is 0.334. The predicted molar refractivity (Wildman–Crippen MR) is 64.4 cm³/mol. The standard InChI is InChI=1S/C12H11N3O2/c16-10-4-1-9(2-5-10)3-6-11(17)15-12-13-7-8-14-12/h1-8,16H,(H2,13,14,15,17)/b6-3+. The van der Waals surface area contributed by atoms with Gasteiger partial charge in [0, 0.05) is 18.5 Å². The van der Waals surface area contributed by atoms with Gasteiger partial charge in [-0.2, -0.15) is 0 Å². The highest BCUT2D eigenvalue weighted by atomic mass is 16.3. The predicted octanol–water partition coefficient (Wildman–Crippen LogP) is 1.77. The van der Waals surface area contributed by atoms with Gasteiger partial charge in [-0.25, -0.2) is 4.98 Å². The van der Waals surface area contributed by atoms with E-state index in [9.17, 15) is 4.79 Å². The van der Waals surface area contributed by atoms with Crippen molar-refractivity contribution in [1.29, 1.82) is 0 Å². The minimum absolute atomic E-state index is 0.196. The highest BCUT2D eigenvalue weighted by Crippen LogP contribution is 2.10. The van der Waals surface area contributed by atoms with E-state index < -0.39 is 0 Å². The topological polar surface area (TPSA) is 78.0 Å². The first kappa shape index (κ1) is 10.9. The van der Waals surface area contributed by atoms with Gasteiger partial charge in [0.05, 0.1) is 0 Å². The lowest BCUT2D eigenvalue weighted by Crippen LogP contribution is -2.08. The van der Waals surface area contributed by atoms with Gasteiger partial charge in [-0.15, -0.1) is 0 Å².